The molecule has 1 N–H and O–H groups in total. The first-order valence-corrected chi connectivity index (χ1v) is 5.85. The first-order chi connectivity index (χ1) is 10.2. The van der Waals surface area contributed by atoms with Crippen molar-refractivity contribution in [2.75, 3.05) is 5.32 Å². The van der Waals surface area contributed by atoms with Crippen molar-refractivity contribution in [3.8, 4) is 0 Å². The maximum Gasteiger partial charge on any atom is 0.435 e. The third kappa shape index (κ3) is 3.22. The van der Waals surface area contributed by atoms with Gasteiger partial charge >= 0.3 is 6.18 Å². The van der Waals surface area contributed by atoms with Gasteiger partial charge in [-0.3, -0.25) is 19.6 Å². The Bertz CT molecular complexity index is 722. The Morgan fingerprint density at radius 2 is 1.91 bits per heavy atom. The van der Waals surface area contributed by atoms with Crippen molar-refractivity contribution < 1.29 is 22.9 Å². The SMILES string of the molecule is Cn1nc(C(F)(F)F)cc1C(=O)Nc1ccc([N+](=O)[O-])cc1. The molecule has 0 bridgehead atoms. The van der Waals surface area contributed by atoms with Gasteiger partial charge in [-0.15, -0.1) is 0 Å². The molecular weight excluding hydrogens is 305 g/mol. The molecule has 0 fully saturated rings. The van der Waals surface area contributed by atoms with Crippen molar-refractivity contribution >= 4 is 17.3 Å². The largest absolute Gasteiger partial charge is 0.435 e. The number of halogens is 3. The normalized spacial score (nSPS) is 11.3. The third-order valence-corrected chi connectivity index (χ3v) is 2.74. The fourth-order valence-corrected chi connectivity index (χ4v) is 1.68. The number of aromatic nitrogens is 2. The molecule has 1 aromatic carbocycles. The van der Waals surface area contributed by atoms with Crippen molar-refractivity contribution in [2.45, 2.75) is 6.18 Å². The highest BCUT2D eigenvalue weighted by Gasteiger charge is 2.35. The number of amides is 1. The lowest BCUT2D eigenvalue weighted by molar-refractivity contribution is -0.384. The summed E-state index contributed by atoms with van der Waals surface area (Å²) < 4.78 is 38.4. The van der Waals surface area contributed by atoms with Gasteiger partial charge < -0.3 is 5.32 Å². The number of hydrogen-bond donors (Lipinski definition) is 1. The lowest BCUT2D eigenvalue weighted by atomic mass is 10.2. The molecule has 22 heavy (non-hydrogen) atoms. The van der Waals surface area contributed by atoms with E-state index < -0.39 is 22.7 Å². The summed E-state index contributed by atoms with van der Waals surface area (Å²) in [5, 5.41) is 16.1. The zero-order valence-electron chi connectivity index (χ0n) is 11.1. The van der Waals surface area contributed by atoms with E-state index in [1.807, 2.05) is 0 Å². The van der Waals surface area contributed by atoms with Crippen LogP contribution in [0.1, 0.15) is 16.2 Å². The molecule has 2 rings (SSSR count). The topological polar surface area (TPSA) is 90.1 Å². The zero-order valence-corrected chi connectivity index (χ0v) is 11.1. The van der Waals surface area contributed by atoms with Gasteiger partial charge in [0.2, 0.25) is 0 Å². The van der Waals surface area contributed by atoms with E-state index in [0.717, 1.165) is 4.68 Å². The van der Waals surface area contributed by atoms with Gasteiger partial charge in [0, 0.05) is 30.9 Å². The molecule has 7 nitrogen and oxygen atoms in total. The molecule has 116 valence electrons. The van der Waals surface area contributed by atoms with Gasteiger partial charge in [-0.1, -0.05) is 0 Å². The van der Waals surface area contributed by atoms with Crippen molar-refractivity contribution in [3.05, 3.63) is 51.8 Å². The first kappa shape index (κ1) is 15.5. The van der Waals surface area contributed by atoms with Crippen LogP contribution < -0.4 is 5.32 Å². The molecule has 0 unspecified atom stereocenters. The average Bonchev–Trinajstić information content (AvgIpc) is 2.81. The van der Waals surface area contributed by atoms with E-state index >= 15 is 0 Å². The summed E-state index contributed by atoms with van der Waals surface area (Å²) in [5.74, 6) is -0.806. The summed E-state index contributed by atoms with van der Waals surface area (Å²) in [6, 6.07) is 5.51. The molecule has 0 aliphatic heterocycles. The number of nitro benzene ring substituents is 1. The molecule has 1 amide bonds. The summed E-state index contributed by atoms with van der Waals surface area (Å²) in [5.41, 5.74) is -1.42. The highest BCUT2D eigenvalue weighted by atomic mass is 19.4. The summed E-state index contributed by atoms with van der Waals surface area (Å²) in [7, 11) is 1.21. The Morgan fingerprint density at radius 3 is 2.36 bits per heavy atom. The maximum absolute atomic E-state index is 12.5. The Morgan fingerprint density at radius 1 is 1.32 bits per heavy atom. The highest BCUT2D eigenvalue weighted by molar-refractivity contribution is 6.03. The number of carbonyl (C=O) groups excluding carboxylic acids is 1. The van der Waals surface area contributed by atoms with Crippen LogP contribution in [-0.4, -0.2) is 20.6 Å². The predicted octanol–water partition coefficient (Wildman–Crippen LogP) is 2.60. The molecule has 1 aromatic heterocycles. The van der Waals surface area contributed by atoms with Gasteiger partial charge in [0.05, 0.1) is 4.92 Å². The minimum atomic E-state index is -4.65. The Hall–Kier alpha value is -2.91. The molecule has 0 spiro atoms. The summed E-state index contributed by atoms with van der Waals surface area (Å²) in [6.45, 7) is 0. The first-order valence-electron chi connectivity index (χ1n) is 5.85. The number of rotatable bonds is 3. The van der Waals surface area contributed by atoms with Crippen LogP contribution in [0.5, 0.6) is 0 Å². The molecule has 0 atom stereocenters. The van der Waals surface area contributed by atoms with E-state index in [0.29, 0.717) is 6.07 Å². The van der Waals surface area contributed by atoms with Gasteiger partial charge in [0.25, 0.3) is 11.6 Å². The molecule has 2 aromatic rings. The van der Waals surface area contributed by atoms with Crippen molar-refractivity contribution in [3.63, 3.8) is 0 Å². The van der Waals surface area contributed by atoms with E-state index in [1.165, 1.54) is 31.3 Å². The van der Waals surface area contributed by atoms with E-state index in [9.17, 15) is 28.1 Å². The van der Waals surface area contributed by atoms with Crippen molar-refractivity contribution in [1.82, 2.24) is 9.78 Å². The van der Waals surface area contributed by atoms with Crippen LogP contribution in [-0.2, 0) is 13.2 Å². The van der Waals surface area contributed by atoms with Crippen LogP contribution in [0.3, 0.4) is 0 Å². The Kier molecular flexibility index (Phi) is 3.85. The lowest BCUT2D eigenvalue weighted by Gasteiger charge is -2.04. The molecule has 1 heterocycles. The number of hydrogen-bond acceptors (Lipinski definition) is 4. The molecule has 10 heteroatoms. The van der Waals surface area contributed by atoms with Gasteiger partial charge in [-0.05, 0) is 12.1 Å². The Balaban J connectivity index is 2.19. The number of alkyl halides is 3. The van der Waals surface area contributed by atoms with Gasteiger partial charge in [-0.25, -0.2) is 0 Å². The third-order valence-electron chi connectivity index (χ3n) is 2.74. The smallest absolute Gasteiger partial charge is 0.321 e. The van der Waals surface area contributed by atoms with E-state index in [4.69, 9.17) is 0 Å². The van der Waals surface area contributed by atoms with E-state index in [1.54, 1.807) is 0 Å². The standard InChI is InChI=1S/C12H9F3N4O3/c1-18-9(6-10(17-18)12(13,14)15)11(20)16-7-2-4-8(5-3-7)19(21)22/h2-6H,1H3,(H,16,20). The number of anilines is 1. The predicted molar refractivity (Wildman–Crippen MR) is 69.3 cm³/mol. The molecule has 0 saturated carbocycles. The summed E-state index contributed by atoms with van der Waals surface area (Å²) in [4.78, 5) is 21.8. The number of nitrogens with one attached hydrogen (secondary N) is 1. The second-order valence-corrected chi connectivity index (χ2v) is 4.29. The highest BCUT2D eigenvalue weighted by Crippen LogP contribution is 2.28. The summed E-state index contributed by atoms with van der Waals surface area (Å²) >= 11 is 0. The fraction of sp³-hybridized carbons (Fsp3) is 0.167. The van der Waals surface area contributed by atoms with E-state index in [2.05, 4.69) is 10.4 Å². The number of nitrogens with zero attached hydrogens (tertiary/aromatic N) is 3. The number of non-ortho nitro benzene ring substituents is 1. The monoisotopic (exact) mass is 314 g/mol. The lowest BCUT2D eigenvalue weighted by Crippen LogP contribution is -2.15. The molecule has 0 saturated heterocycles. The van der Waals surface area contributed by atoms with Crippen LogP contribution in [0.2, 0.25) is 0 Å². The van der Waals surface area contributed by atoms with Gasteiger partial charge in [-0.2, -0.15) is 18.3 Å². The number of nitro groups is 1. The van der Waals surface area contributed by atoms with Crippen LogP contribution >= 0.6 is 0 Å². The van der Waals surface area contributed by atoms with Crippen LogP contribution in [0.4, 0.5) is 24.5 Å². The molecule has 0 aliphatic carbocycles. The zero-order chi connectivity index (χ0) is 16.5. The fourth-order valence-electron chi connectivity index (χ4n) is 1.68. The minimum absolute atomic E-state index is 0.169. The van der Waals surface area contributed by atoms with Crippen LogP contribution in [0.15, 0.2) is 30.3 Å². The maximum atomic E-state index is 12.5. The average molecular weight is 314 g/mol. The summed E-state index contributed by atoms with van der Waals surface area (Å²) in [6.07, 6.45) is -4.65. The van der Waals surface area contributed by atoms with E-state index in [-0.39, 0.29) is 17.1 Å². The quantitative estimate of drug-likeness (QED) is 0.696. The van der Waals surface area contributed by atoms with Crippen LogP contribution in [0.25, 0.3) is 0 Å². The number of aryl methyl sites for hydroxylation is 1. The van der Waals surface area contributed by atoms with Crippen molar-refractivity contribution in [1.29, 1.82) is 0 Å². The molecule has 0 radical (unpaired) electrons. The minimum Gasteiger partial charge on any atom is -0.321 e. The van der Waals surface area contributed by atoms with Gasteiger partial charge in [0.15, 0.2) is 5.69 Å². The molecule has 0 aliphatic rings. The number of benzene rings is 1. The Labute approximate surface area is 121 Å². The number of carbonyl (C=O) groups is 1. The second-order valence-electron chi connectivity index (χ2n) is 4.29. The van der Waals surface area contributed by atoms with Crippen LogP contribution in [0, 0.1) is 10.1 Å². The van der Waals surface area contributed by atoms with Gasteiger partial charge in [0.1, 0.15) is 5.69 Å². The second kappa shape index (κ2) is 5.47. The van der Waals surface area contributed by atoms with Crippen molar-refractivity contribution in [2.24, 2.45) is 7.05 Å². The molecular formula is C12H9F3N4O3.